The molecule has 0 heterocycles. The lowest BCUT2D eigenvalue weighted by Crippen LogP contribution is -2.29. The molecule has 10 heavy (non-hydrogen) atoms. The van der Waals surface area contributed by atoms with Gasteiger partial charge >= 0.3 is 0 Å². The van der Waals surface area contributed by atoms with Crippen LogP contribution in [0.3, 0.4) is 0 Å². The van der Waals surface area contributed by atoms with Gasteiger partial charge in [-0.05, 0) is 6.92 Å². The van der Waals surface area contributed by atoms with E-state index in [1.165, 1.54) is 0 Å². The Morgan fingerprint density at radius 2 is 1.90 bits per heavy atom. The molecule has 3 nitrogen and oxygen atoms in total. The van der Waals surface area contributed by atoms with Crippen molar-refractivity contribution in [1.82, 2.24) is 10.6 Å². The highest BCUT2D eigenvalue weighted by molar-refractivity contribution is 5.80. The predicted molar refractivity (Wildman–Crippen MR) is 41.4 cm³/mol. The molecule has 0 spiro atoms. The van der Waals surface area contributed by atoms with Crippen LogP contribution in [0.15, 0.2) is 12.3 Å². The van der Waals surface area contributed by atoms with Gasteiger partial charge in [0.1, 0.15) is 0 Å². The van der Waals surface area contributed by atoms with E-state index in [1.807, 2.05) is 0 Å². The van der Waals surface area contributed by atoms with Gasteiger partial charge in [-0.25, -0.2) is 0 Å². The maximum absolute atomic E-state index is 10.9. The van der Waals surface area contributed by atoms with E-state index in [9.17, 15) is 4.79 Å². The molecule has 1 unspecified atom stereocenters. The fourth-order valence-electron chi connectivity index (χ4n) is 0.591. The monoisotopic (exact) mass is 142 g/mol. The summed E-state index contributed by atoms with van der Waals surface area (Å²) in [6.45, 7) is 5.47. The third-order valence-corrected chi connectivity index (χ3v) is 1.48. The summed E-state index contributed by atoms with van der Waals surface area (Å²) in [6.07, 6.45) is 0. The molecule has 1 atom stereocenters. The summed E-state index contributed by atoms with van der Waals surface area (Å²) in [5.74, 6) is -0.172. The standard InChI is InChI=1S/C7H14N2O/c1-5(6(2)8-3)7(10)9-4/h5,8H,2H2,1,3-4H3,(H,9,10). The van der Waals surface area contributed by atoms with Crippen LogP contribution in [-0.2, 0) is 4.79 Å². The first-order chi connectivity index (χ1) is 4.63. The van der Waals surface area contributed by atoms with Crippen molar-refractivity contribution in [2.75, 3.05) is 14.1 Å². The van der Waals surface area contributed by atoms with Gasteiger partial charge in [0, 0.05) is 19.8 Å². The molecule has 0 aromatic heterocycles. The number of carbonyl (C=O) groups excluding carboxylic acids is 1. The Morgan fingerprint density at radius 3 is 2.20 bits per heavy atom. The van der Waals surface area contributed by atoms with Crippen LogP contribution in [0.4, 0.5) is 0 Å². The van der Waals surface area contributed by atoms with E-state index < -0.39 is 0 Å². The molecule has 58 valence electrons. The average Bonchev–Trinajstić information content (AvgIpc) is 2.00. The van der Waals surface area contributed by atoms with Crippen LogP contribution in [0.1, 0.15) is 6.92 Å². The summed E-state index contributed by atoms with van der Waals surface area (Å²) in [4.78, 5) is 10.9. The van der Waals surface area contributed by atoms with Gasteiger partial charge in [-0.3, -0.25) is 4.79 Å². The molecule has 0 aliphatic heterocycles. The van der Waals surface area contributed by atoms with Crippen molar-refractivity contribution in [3.63, 3.8) is 0 Å². The molecule has 0 saturated heterocycles. The average molecular weight is 142 g/mol. The van der Waals surface area contributed by atoms with E-state index in [1.54, 1.807) is 21.0 Å². The molecule has 3 heteroatoms. The predicted octanol–water partition coefficient (Wildman–Crippen LogP) is 0.102. The van der Waals surface area contributed by atoms with Crippen LogP contribution >= 0.6 is 0 Å². The van der Waals surface area contributed by atoms with Crippen molar-refractivity contribution in [1.29, 1.82) is 0 Å². The molecule has 0 aromatic carbocycles. The largest absolute Gasteiger partial charge is 0.391 e. The smallest absolute Gasteiger partial charge is 0.228 e. The van der Waals surface area contributed by atoms with Crippen LogP contribution in [0, 0.1) is 5.92 Å². The molecule has 0 radical (unpaired) electrons. The third kappa shape index (κ3) is 2.09. The second kappa shape index (κ2) is 3.93. The first kappa shape index (κ1) is 9.01. The van der Waals surface area contributed by atoms with Gasteiger partial charge in [0.05, 0.1) is 5.92 Å². The normalized spacial score (nSPS) is 11.9. The van der Waals surface area contributed by atoms with E-state index in [-0.39, 0.29) is 11.8 Å². The van der Waals surface area contributed by atoms with Crippen LogP contribution in [-0.4, -0.2) is 20.0 Å². The minimum absolute atomic E-state index is 0.0145. The zero-order valence-corrected chi connectivity index (χ0v) is 6.69. The van der Waals surface area contributed by atoms with Gasteiger partial charge in [-0.15, -0.1) is 0 Å². The Balaban J connectivity index is 3.94. The van der Waals surface area contributed by atoms with Gasteiger partial charge < -0.3 is 10.6 Å². The topological polar surface area (TPSA) is 41.1 Å². The number of rotatable bonds is 3. The number of carbonyl (C=O) groups is 1. The minimum Gasteiger partial charge on any atom is -0.391 e. The number of amides is 1. The number of hydrogen-bond acceptors (Lipinski definition) is 2. The summed E-state index contributed by atoms with van der Waals surface area (Å²) < 4.78 is 0. The van der Waals surface area contributed by atoms with Gasteiger partial charge in [0.2, 0.25) is 5.91 Å². The lowest BCUT2D eigenvalue weighted by Gasteiger charge is -2.11. The fourth-order valence-corrected chi connectivity index (χ4v) is 0.591. The maximum Gasteiger partial charge on any atom is 0.228 e. The molecular weight excluding hydrogens is 128 g/mol. The molecule has 0 rings (SSSR count). The highest BCUT2D eigenvalue weighted by Gasteiger charge is 2.12. The molecule has 0 saturated carbocycles. The molecule has 0 aromatic rings. The molecule has 0 bridgehead atoms. The van der Waals surface area contributed by atoms with Crippen LogP contribution in [0.2, 0.25) is 0 Å². The summed E-state index contributed by atoms with van der Waals surface area (Å²) >= 11 is 0. The van der Waals surface area contributed by atoms with Gasteiger partial charge in [-0.1, -0.05) is 6.58 Å². The zero-order chi connectivity index (χ0) is 8.15. The van der Waals surface area contributed by atoms with Gasteiger partial charge in [0.25, 0.3) is 0 Å². The lowest BCUT2D eigenvalue weighted by atomic mass is 10.1. The fraction of sp³-hybridized carbons (Fsp3) is 0.571. The summed E-state index contributed by atoms with van der Waals surface area (Å²) in [5.41, 5.74) is 0.736. The van der Waals surface area contributed by atoms with Crippen LogP contribution in [0.5, 0.6) is 0 Å². The highest BCUT2D eigenvalue weighted by atomic mass is 16.1. The van der Waals surface area contributed by atoms with E-state index >= 15 is 0 Å². The molecule has 0 aliphatic carbocycles. The van der Waals surface area contributed by atoms with Crippen molar-refractivity contribution in [3.8, 4) is 0 Å². The second-order valence-electron chi connectivity index (χ2n) is 2.11. The Hall–Kier alpha value is -0.990. The maximum atomic E-state index is 10.9. The van der Waals surface area contributed by atoms with Gasteiger partial charge in [0.15, 0.2) is 0 Å². The lowest BCUT2D eigenvalue weighted by molar-refractivity contribution is -0.123. The molecule has 0 aliphatic rings. The first-order valence-electron chi connectivity index (χ1n) is 3.21. The Kier molecular flexibility index (Phi) is 3.54. The minimum atomic E-state index is -0.157. The summed E-state index contributed by atoms with van der Waals surface area (Å²) in [7, 11) is 3.36. The van der Waals surface area contributed by atoms with Crippen molar-refractivity contribution >= 4 is 5.91 Å². The van der Waals surface area contributed by atoms with Crippen molar-refractivity contribution < 1.29 is 4.79 Å². The summed E-state index contributed by atoms with van der Waals surface area (Å²) in [5, 5.41) is 5.36. The van der Waals surface area contributed by atoms with E-state index in [0.29, 0.717) is 0 Å². The Labute approximate surface area is 61.5 Å². The van der Waals surface area contributed by atoms with E-state index in [4.69, 9.17) is 0 Å². The Morgan fingerprint density at radius 1 is 1.40 bits per heavy atom. The van der Waals surface area contributed by atoms with E-state index in [0.717, 1.165) is 5.70 Å². The molecule has 0 fully saturated rings. The van der Waals surface area contributed by atoms with Crippen molar-refractivity contribution in [3.05, 3.63) is 12.3 Å². The molecular formula is C7H14N2O. The van der Waals surface area contributed by atoms with E-state index in [2.05, 4.69) is 17.2 Å². The molecule has 1 amide bonds. The van der Waals surface area contributed by atoms with Crippen molar-refractivity contribution in [2.24, 2.45) is 5.92 Å². The van der Waals surface area contributed by atoms with Crippen LogP contribution in [0.25, 0.3) is 0 Å². The number of nitrogens with one attached hydrogen (secondary N) is 2. The molecule has 2 N–H and O–H groups in total. The van der Waals surface area contributed by atoms with Crippen molar-refractivity contribution in [2.45, 2.75) is 6.92 Å². The third-order valence-electron chi connectivity index (χ3n) is 1.48. The SMILES string of the molecule is C=C(NC)C(C)C(=O)NC. The number of hydrogen-bond donors (Lipinski definition) is 2. The van der Waals surface area contributed by atoms with Crippen LogP contribution < -0.4 is 10.6 Å². The zero-order valence-electron chi connectivity index (χ0n) is 6.69. The highest BCUT2D eigenvalue weighted by Crippen LogP contribution is 2.02. The second-order valence-corrected chi connectivity index (χ2v) is 2.11. The van der Waals surface area contributed by atoms with Gasteiger partial charge in [-0.2, -0.15) is 0 Å². The quantitative estimate of drug-likeness (QED) is 0.587. The summed E-state index contributed by atoms with van der Waals surface area (Å²) in [6, 6.07) is 0. The first-order valence-corrected chi connectivity index (χ1v) is 3.21. The Bertz CT molecular complexity index is 127.